The Hall–Kier alpha value is -1.04. The second-order valence-corrected chi connectivity index (χ2v) is 4.71. The fourth-order valence-corrected chi connectivity index (χ4v) is 1.81. The molecular formula is C11H11Cl3N2O3. The Kier molecular flexibility index (Phi) is 5.85. The monoisotopic (exact) mass is 324 g/mol. The third-order valence-corrected chi connectivity index (χ3v) is 3.38. The number of nitrogens with zero attached hydrogens (tertiary/aromatic N) is 2. The molecule has 1 aromatic heterocycles. The van der Waals surface area contributed by atoms with Crippen LogP contribution in [0.1, 0.15) is 17.4 Å². The summed E-state index contributed by atoms with van der Waals surface area (Å²) in [6.07, 6.45) is 1.22. The summed E-state index contributed by atoms with van der Waals surface area (Å²) in [6.45, 7) is 1.72. The molecule has 0 unspecified atom stereocenters. The smallest absolute Gasteiger partial charge is 0.325 e. The molecule has 1 aromatic rings. The van der Waals surface area contributed by atoms with E-state index in [0.717, 1.165) is 4.90 Å². The molecule has 0 atom stereocenters. The summed E-state index contributed by atoms with van der Waals surface area (Å²) >= 11 is 17.4. The van der Waals surface area contributed by atoms with Crippen LogP contribution in [0.3, 0.4) is 0 Å². The van der Waals surface area contributed by atoms with Gasteiger partial charge in [0.2, 0.25) is 0 Å². The SMILES string of the molecule is CCOC(=O)CN(C)C(=O)c1ncc(Cl)c(Cl)c1Cl. The number of halogens is 3. The lowest BCUT2D eigenvalue weighted by molar-refractivity contribution is -0.143. The van der Waals surface area contributed by atoms with E-state index in [1.54, 1.807) is 6.92 Å². The molecule has 1 amide bonds. The van der Waals surface area contributed by atoms with Gasteiger partial charge in [0.25, 0.3) is 5.91 Å². The van der Waals surface area contributed by atoms with E-state index < -0.39 is 11.9 Å². The van der Waals surface area contributed by atoms with Crippen LogP contribution < -0.4 is 0 Å². The van der Waals surface area contributed by atoms with Crippen LogP contribution in [0.15, 0.2) is 6.20 Å². The number of amides is 1. The van der Waals surface area contributed by atoms with Gasteiger partial charge in [-0.05, 0) is 6.92 Å². The molecule has 19 heavy (non-hydrogen) atoms. The zero-order valence-electron chi connectivity index (χ0n) is 10.2. The first-order valence-corrected chi connectivity index (χ1v) is 6.42. The number of likely N-dealkylation sites (N-methyl/N-ethyl adjacent to an activating group) is 1. The molecule has 0 aliphatic heterocycles. The minimum atomic E-state index is -0.545. The average molecular weight is 326 g/mol. The minimum Gasteiger partial charge on any atom is -0.465 e. The quantitative estimate of drug-likeness (QED) is 0.799. The molecule has 0 saturated heterocycles. The summed E-state index contributed by atoms with van der Waals surface area (Å²) in [7, 11) is 1.43. The van der Waals surface area contributed by atoms with Crippen molar-refractivity contribution in [3.05, 3.63) is 27.0 Å². The van der Waals surface area contributed by atoms with Gasteiger partial charge in [0.1, 0.15) is 12.2 Å². The molecule has 0 spiro atoms. The van der Waals surface area contributed by atoms with Crippen molar-refractivity contribution in [2.45, 2.75) is 6.92 Å². The van der Waals surface area contributed by atoms with Crippen molar-refractivity contribution in [1.82, 2.24) is 9.88 Å². The van der Waals surface area contributed by atoms with Gasteiger partial charge in [-0.15, -0.1) is 0 Å². The van der Waals surface area contributed by atoms with Crippen molar-refractivity contribution in [3.8, 4) is 0 Å². The minimum absolute atomic E-state index is 0.0464. The lowest BCUT2D eigenvalue weighted by Crippen LogP contribution is -2.33. The first-order valence-electron chi connectivity index (χ1n) is 5.29. The first-order chi connectivity index (χ1) is 8.88. The number of carbonyl (C=O) groups is 2. The van der Waals surface area contributed by atoms with Gasteiger partial charge in [-0.2, -0.15) is 0 Å². The van der Waals surface area contributed by atoms with Crippen molar-refractivity contribution in [2.75, 3.05) is 20.2 Å². The van der Waals surface area contributed by atoms with Crippen LogP contribution in [-0.2, 0) is 9.53 Å². The zero-order valence-corrected chi connectivity index (χ0v) is 12.5. The summed E-state index contributed by atoms with van der Waals surface area (Å²) in [6, 6.07) is 0. The van der Waals surface area contributed by atoms with E-state index >= 15 is 0 Å². The van der Waals surface area contributed by atoms with E-state index in [4.69, 9.17) is 39.5 Å². The van der Waals surface area contributed by atoms with Gasteiger partial charge in [0.15, 0.2) is 0 Å². The molecule has 0 aliphatic carbocycles. The second kappa shape index (κ2) is 6.93. The van der Waals surface area contributed by atoms with Crippen molar-refractivity contribution in [1.29, 1.82) is 0 Å². The van der Waals surface area contributed by atoms with Crippen LogP contribution in [0.5, 0.6) is 0 Å². The van der Waals surface area contributed by atoms with Gasteiger partial charge in [-0.25, -0.2) is 4.98 Å². The summed E-state index contributed by atoms with van der Waals surface area (Å²) in [5.74, 6) is -1.06. The Labute approximate surface area is 125 Å². The van der Waals surface area contributed by atoms with E-state index in [-0.39, 0.29) is 33.9 Å². The van der Waals surface area contributed by atoms with Crippen molar-refractivity contribution >= 4 is 46.7 Å². The first kappa shape index (κ1) is 16.0. The number of carbonyl (C=O) groups excluding carboxylic acids is 2. The molecule has 0 saturated carbocycles. The van der Waals surface area contributed by atoms with Gasteiger partial charge in [-0.1, -0.05) is 34.8 Å². The summed E-state index contributed by atoms with van der Waals surface area (Å²) in [5.41, 5.74) is -0.0668. The normalized spacial score (nSPS) is 10.2. The number of esters is 1. The van der Waals surface area contributed by atoms with E-state index in [1.165, 1.54) is 13.2 Å². The number of pyridine rings is 1. The van der Waals surface area contributed by atoms with Crippen LogP contribution in [0.2, 0.25) is 15.1 Å². The number of hydrogen-bond donors (Lipinski definition) is 0. The van der Waals surface area contributed by atoms with Gasteiger partial charge in [0.05, 0.1) is 21.7 Å². The van der Waals surface area contributed by atoms with Crippen molar-refractivity contribution in [3.63, 3.8) is 0 Å². The highest BCUT2D eigenvalue weighted by molar-refractivity contribution is 6.48. The standard InChI is InChI=1S/C11H11Cl3N2O3/c1-3-19-7(17)5-16(2)11(18)10-9(14)8(13)6(12)4-15-10/h4H,3,5H2,1-2H3. The largest absolute Gasteiger partial charge is 0.465 e. The van der Waals surface area contributed by atoms with E-state index in [1.807, 2.05) is 0 Å². The maximum Gasteiger partial charge on any atom is 0.325 e. The highest BCUT2D eigenvalue weighted by atomic mass is 35.5. The third kappa shape index (κ3) is 3.96. The number of rotatable bonds is 4. The van der Waals surface area contributed by atoms with Gasteiger partial charge in [0, 0.05) is 13.2 Å². The lowest BCUT2D eigenvalue weighted by Gasteiger charge is -2.16. The zero-order chi connectivity index (χ0) is 14.6. The van der Waals surface area contributed by atoms with Crippen LogP contribution in [0.25, 0.3) is 0 Å². The Morgan fingerprint density at radius 2 is 1.95 bits per heavy atom. The number of ether oxygens (including phenoxy) is 1. The van der Waals surface area contributed by atoms with Crippen LogP contribution in [0.4, 0.5) is 0 Å². The molecule has 1 rings (SSSR count). The molecule has 8 heteroatoms. The van der Waals surface area contributed by atoms with Gasteiger partial charge >= 0.3 is 5.97 Å². The van der Waals surface area contributed by atoms with E-state index in [9.17, 15) is 9.59 Å². The molecule has 0 N–H and O–H groups in total. The molecule has 104 valence electrons. The maximum absolute atomic E-state index is 12.0. The van der Waals surface area contributed by atoms with Crippen LogP contribution >= 0.6 is 34.8 Å². The highest BCUT2D eigenvalue weighted by Crippen LogP contribution is 2.31. The van der Waals surface area contributed by atoms with E-state index in [2.05, 4.69) is 4.98 Å². The second-order valence-electron chi connectivity index (χ2n) is 3.55. The molecule has 0 radical (unpaired) electrons. The Balaban J connectivity index is 2.89. The molecule has 5 nitrogen and oxygen atoms in total. The summed E-state index contributed by atoms with van der Waals surface area (Å²) < 4.78 is 4.74. The topological polar surface area (TPSA) is 59.5 Å². The molecule has 0 aromatic carbocycles. The predicted molar refractivity (Wildman–Crippen MR) is 72.9 cm³/mol. The fourth-order valence-electron chi connectivity index (χ4n) is 1.25. The predicted octanol–water partition coefficient (Wildman–Crippen LogP) is 2.68. The lowest BCUT2D eigenvalue weighted by atomic mass is 10.3. The summed E-state index contributed by atoms with van der Waals surface area (Å²) in [4.78, 5) is 28.3. The average Bonchev–Trinajstić information content (AvgIpc) is 2.35. The van der Waals surface area contributed by atoms with Crippen molar-refractivity contribution < 1.29 is 14.3 Å². The molecule has 0 fully saturated rings. The van der Waals surface area contributed by atoms with E-state index in [0.29, 0.717) is 0 Å². The Morgan fingerprint density at radius 1 is 1.32 bits per heavy atom. The highest BCUT2D eigenvalue weighted by Gasteiger charge is 2.22. The molecule has 1 heterocycles. The molecule has 0 aliphatic rings. The molecular weight excluding hydrogens is 314 g/mol. The number of hydrogen-bond acceptors (Lipinski definition) is 4. The van der Waals surface area contributed by atoms with Crippen LogP contribution in [0, 0.1) is 0 Å². The van der Waals surface area contributed by atoms with Crippen molar-refractivity contribution in [2.24, 2.45) is 0 Å². The van der Waals surface area contributed by atoms with Crippen LogP contribution in [-0.4, -0.2) is 42.0 Å². The van der Waals surface area contributed by atoms with Gasteiger partial charge < -0.3 is 9.64 Å². The number of aromatic nitrogens is 1. The Bertz CT molecular complexity index is 508. The fraction of sp³-hybridized carbons (Fsp3) is 0.364. The summed E-state index contributed by atoms with van der Waals surface area (Å²) in [5, 5.41) is 0.150. The third-order valence-electron chi connectivity index (χ3n) is 2.14. The molecule has 0 bridgehead atoms. The Morgan fingerprint density at radius 3 is 2.53 bits per heavy atom. The van der Waals surface area contributed by atoms with Gasteiger partial charge in [-0.3, -0.25) is 9.59 Å². The maximum atomic E-state index is 12.0.